The molecule has 0 radical (unpaired) electrons. The molecule has 0 aliphatic heterocycles. The summed E-state index contributed by atoms with van der Waals surface area (Å²) in [5, 5.41) is 10.7. The van der Waals surface area contributed by atoms with Gasteiger partial charge < -0.3 is 0 Å². The summed E-state index contributed by atoms with van der Waals surface area (Å²) in [4.78, 5) is 18.9. The molecule has 1 rings (SSSR count). The highest BCUT2D eigenvalue weighted by Gasteiger charge is 2.40. The number of aliphatic imine (C=N–C) groups is 2. The van der Waals surface area contributed by atoms with E-state index < -0.39 is 41.7 Å². The van der Waals surface area contributed by atoms with Gasteiger partial charge in [-0.05, 0) is 19.4 Å². The van der Waals surface area contributed by atoms with Gasteiger partial charge in [0.05, 0.1) is 4.92 Å². The molecule has 0 fully saturated rings. The lowest BCUT2D eigenvalue weighted by atomic mass is 10.1. The van der Waals surface area contributed by atoms with Gasteiger partial charge in [0.2, 0.25) is 5.84 Å². The third-order valence-electron chi connectivity index (χ3n) is 2.99. The predicted molar refractivity (Wildman–Crippen MR) is 76.9 cm³/mol. The maximum absolute atomic E-state index is 12.9. The van der Waals surface area contributed by atoms with Crippen molar-refractivity contribution in [2.75, 3.05) is 7.05 Å². The molecular weight excluding hydrogens is 358 g/mol. The summed E-state index contributed by atoms with van der Waals surface area (Å²) < 4.78 is 76.3. The molecule has 0 unspecified atom stereocenters. The van der Waals surface area contributed by atoms with Crippen LogP contribution in [0.25, 0.3) is 0 Å². The quantitative estimate of drug-likeness (QED) is 0.266. The monoisotopic (exact) mass is 370 g/mol. The molecule has 0 saturated heterocycles. The maximum atomic E-state index is 12.9. The van der Waals surface area contributed by atoms with Crippen LogP contribution in [0.15, 0.2) is 22.2 Å². The second kappa shape index (κ2) is 7.57. The zero-order chi connectivity index (χ0) is 19.4. The van der Waals surface area contributed by atoms with Crippen LogP contribution in [0, 0.1) is 17.0 Å². The number of rotatable bonds is 4. The number of halogens is 6. The van der Waals surface area contributed by atoms with Crippen LogP contribution in [0.4, 0.5) is 32.0 Å². The molecule has 1 heterocycles. The third-order valence-corrected chi connectivity index (χ3v) is 2.99. The summed E-state index contributed by atoms with van der Waals surface area (Å²) in [5.41, 5.74) is -1.75. The van der Waals surface area contributed by atoms with E-state index in [1.54, 1.807) is 0 Å². The van der Waals surface area contributed by atoms with Gasteiger partial charge in [0, 0.05) is 24.7 Å². The molecule has 25 heavy (non-hydrogen) atoms. The van der Waals surface area contributed by atoms with Gasteiger partial charge in [-0.25, -0.2) is 4.99 Å². The van der Waals surface area contributed by atoms with Crippen LogP contribution in [0.2, 0.25) is 0 Å². The van der Waals surface area contributed by atoms with Crippen molar-refractivity contribution in [2.45, 2.75) is 32.1 Å². The zero-order valence-corrected chi connectivity index (χ0v) is 12.9. The highest BCUT2D eigenvalue weighted by atomic mass is 19.4. The number of aromatic nitrogens is 1. The fourth-order valence-electron chi connectivity index (χ4n) is 1.81. The van der Waals surface area contributed by atoms with Crippen molar-refractivity contribution < 1.29 is 31.3 Å². The van der Waals surface area contributed by atoms with Gasteiger partial charge in [0.15, 0.2) is 0 Å². The Morgan fingerprint density at radius 1 is 1.24 bits per heavy atom. The van der Waals surface area contributed by atoms with Crippen molar-refractivity contribution >= 4 is 17.2 Å². The normalized spacial score (nSPS) is 13.9. The lowest BCUT2D eigenvalue weighted by Gasteiger charge is -2.12. The molecule has 0 atom stereocenters. The fourth-order valence-corrected chi connectivity index (χ4v) is 1.81. The molecule has 0 aliphatic carbocycles. The van der Waals surface area contributed by atoms with Gasteiger partial charge in [-0.3, -0.25) is 20.1 Å². The van der Waals surface area contributed by atoms with Crippen molar-refractivity contribution in [3.8, 4) is 0 Å². The molecule has 0 amide bonds. The smallest absolute Gasteiger partial charge is 0.266 e. The second-order valence-corrected chi connectivity index (χ2v) is 4.82. The van der Waals surface area contributed by atoms with E-state index in [0.29, 0.717) is 7.05 Å². The molecule has 1 aromatic rings. The van der Waals surface area contributed by atoms with Crippen LogP contribution in [0.5, 0.6) is 0 Å². The first-order valence-corrected chi connectivity index (χ1v) is 6.65. The molecule has 12 heteroatoms. The van der Waals surface area contributed by atoms with E-state index in [4.69, 9.17) is 0 Å². The molecule has 0 aliphatic rings. The number of hydrogen-bond donors (Lipinski definition) is 0. The Kier molecular flexibility index (Phi) is 6.21. The van der Waals surface area contributed by atoms with Gasteiger partial charge in [0.1, 0.15) is 11.9 Å². The Hall–Kier alpha value is -2.53. The van der Waals surface area contributed by atoms with Crippen molar-refractivity contribution in [3.63, 3.8) is 0 Å². The summed E-state index contributed by atoms with van der Waals surface area (Å²) in [7, 11) is 0.682. The van der Waals surface area contributed by atoms with Crippen molar-refractivity contribution in [2.24, 2.45) is 9.98 Å². The zero-order valence-electron chi connectivity index (χ0n) is 12.9. The number of aryl methyl sites for hydroxylation is 2. The van der Waals surface area contributed by atoms with Gasteiger partial charge in [-0.1, -0.05) is 0 Å². The fraction of sp³-hybridized carbons (Fsp3) is 0.462. The molecule has 0 bridgehead atoms. The van der Waals surface area contributed by atoms with Gasteiger partial charge in [-0.15, -0.1) is 0 Å². The van der Waals surface area contributed by atoms with Gasteiger partial charge in [0.25, 0.3) is 5.69 Å². The molecular formula is C13H12F6N4O2. The van der Waals surface area contributed by atoms with Crippen LogP contribution in [0.3, 0.4) is 0 Å². The number of nitrogens with zero attached hydrogens (tertiary/aromatic N) is 4. The number of alkyl halides is 6. The molecule has 0 spiro atoms. The first kappa shape index (κ1) is 20.5. The van der Waals surface area contributed by atoms with Crippen LogP contribution >= 0.6 is 0 Å². The van der Waals surface area contributed by atoms with Crippen molar-refractivity contribution in [1.29, 1.82) is 0 Å². The van der Waals surface area contributed by atoms with Crippen LogP contribution in [-0.2, 0) is 6.42 Å². The highest BCUT2D eigenvalue weighted by Crippen LogP contribution is 2.25. The average Bonchev–Trinajstić information content (AvgIpc) is 2.44. The van der Waals surface area contributed by atoms with Crippen molar-refractivity contribution in [1.82, 2.24) is 4.98 Å². The maximum Gasteiger partial charge on any atom is 0.451 e. The lowest BCUT2D eigenvalue weighted by molar-refractivity contribution is -0.385. The topological polar surface area (TPSA) is 80.8 Å². The molecule has 6 nitrogen and oxygen atoms in total. The summed E-state index contributed by atoms with van der Waals surface area (Å²) in [6.45, 7) is 1.37. The van der Waals surface area contributed by atoms with Crippen LogP contribution in [0.1, 0.15) is 17.7 Å². The predicted octanol–water partition coefficient (Wildman–Crippen LogP) is 3.82. The van der Waals surface area contributed by atoms with Gasteiger partial charge in [-0.2, -0.15) is 26.3 Å². The number of pyridine rings is 1. The average molecular weight is 370 g/mol. The SMILES string of the molecule is C/N=C(\N=C(/CCc1cc(C)c([N+](=O)[O-])cn1)C(F)(F)F)C(F)(F)F. The Bertz CT molecular complexity index is 709. The lowest BCUT2D eigenvalue weighted by Crippen LogP contribution is -2.29. The molecule has 0 aromatic carbocycles. The first-order valence-electron chi connectivity index (χ1n) is 6.65. The van der Waals surface area contributed by atoms with Gasteiger partial charge >= 0.3 is 12.4 Å². The second-order valence-electron chi connectivity index (χ2n) is 4.82. The molecule has 0 N–H and O–H groups in total. The van der Waals surface area contributed by atoms with Crippen LogP contribution < -0.4 is 0 Å². The minimum absolute atomic E-state index is 0.0574. The minimum Gasteiger partial charge on any atom is -0.266 e. The van der Waals surface area contributed by atoms with Crippen LogP contribution in [-0.4, -0.2) is 40.9 Å². The Balaban J connectivity index is 3.06. The van der Waals surface area contributed by atoms with E-state index in [-0.39, 0.29) is 16.9 Å². The third kappa shape index (κ3) is 5.80. The molecule has 1 aromatic heterocycles. The van der Waals surface area contributed by atoms with E-state index >= 15 is 0 Å². The number of hydrogen-bond acceptors (Lipinski definition) is 4. The summed E-state index contributed by atoms with van der Waals surface area (Å²) in [6.07, 6.45) is -10.6. The Labute approximate surface area is 137 Å². The van der Waals surface area contributed by atoms with E-state index in [9.17, 15) is 36.5 Å². The Morgan fingerprint density at radius 2 is 1.84 bits per heavy atom. The highest BCUT2D eigenvalue weighted by molar-refractivity contribution is 6.02. The number of amidine groups is 1. The van der Waals surface area contributed by atoms with E-state index in [1.165, 1.54) is 13.0 Å². The first-order chi connectivity index (χ1) is 11.4. The molecule has 138 valence electrons. The number of nitro groups is 1. The van der Waals surface area contributed by atoms with E-state index in [2.05, 4.69) is 15.0 Å². The van der Waals surface area contributed by atoms with Crippen molar-refractivity contribution in [3.05, 3.63) is 33.6 Å². The largest absolute Gasteiger partial charge is 0.451 e. The molecule has 0 saturated carbocycles. The minimum atomic E-state index is -5.12. The van der Waals surface area contributed by atoms with E-state index in [1.807, 2.05) is 0 Å². The Morgan fingerprint density at radius 3 is 2.24 bits per heavy atom. The standard InChI is InChI=1S/C13H12F6N4O2/c1-7-5-8(21-6-9(7)23(24)25)3-4-10(12(14,15)16)22-11(20-2)13(17,18)19/h5-6H,3-4H2,1-2H3/b20-11-,22-10+. The summed E-state index contributed by atoms with van der Waals surface area (Å²) in [5.74, 6) is -1.90. The van der Waals surface area contributed by atoms with E-state index in [0.717, 1.165) is 6.20 Å². The summed E-state index contributed by atoms with van der Waals surface area (Å²) >= 11 is 0. The summed E-state index contributed by atoms with van der Waals surface area (Å²) in [6, 6.07) is 1.20.